The number of nitrogens with one attached hydrogen (secondary N) is 2. The first-order valence-electron chi connectivity index (χ1n) is 7.22. The third-order valence-electron chi connectivity index (χ3n) is 3.64. The summed E-state index contributed by atoms with van der Waals surface area (Å²) < 4.78 is 0. The fraction of sp³-hybridized carbons (Fsp3) is 0.0556. The van der Waals surface area contributed by atoms with Gasteiger partial charge in [0.15, 0.2) is 5.78 Å². The Bertz CT molecular complexity index is 900. The molecule has 0 spiro atoms. The number of anilines is 2. The van der Waals surface area contributed by atoms with E-state index >= 15 is 0 Å². The first-order chi connectivity index (χ1) is 11.5. The molecule has 0 unspecified atom stereocenters. The standard InChI is InChI=1S/C18H14N2O4/c1-10(22)19-13-4-2-3-11(7-13)17(23)12-5-6-14-15(9-21)18(24)20-16(14)8-12/h2-9,21H,1H3,(H,19,22)(H,20,24)/b15-9-. The van der Waals surface area contributed by atoms with Crippen molar-refractivity contribution in [1.82, 2.24) is 0 Å². The zero-order valence-corrected chi connectivity index (χ0v) is 12.8. The van der Waals surface area contributed by atoms with Crippen LogP contribution in [0.15, 0.2) is 48.7 Å². The van der Waals surface area contributed by atoms with Gasteiger partial charge >= 0.3 is 0 Å². The second kappa shape index (κ2) is 6.00. The molecular weight excluding hydrogens is 308 g/mol. The maximum Gasteiger partial charge on any atom is 0.259 e. The van der Waals surface area contributed by atoms with E-state index < -0.39 is 5.91 Å². The Balaban J connectivity index is 1.93. The van der Waals surface area contributed by atoms with Gasteiger partial charge in [0.1, 0.15) is 0 Å². The molecule has 2 amide bonds. The van der Waals surface area contributed by atoms with Gasteiger partial charge in [0.05, 0.1) is 11.8 Å². The topological polar surface area (TPSA) is 95.5 Å². The fourth-order valence-electron chi connectivity index (χ4n) is 2.57. The number of carbonyl (C=O) groups is 3. The lowest BCUT2D eigenvalue weighted by atomic mass is 9.99. The van der Waals surface area contributed by atoms with Gasteiger partial charge in [-0.1, -0.05) is 24.3 Å². The average Bonchev–Trinajstić information content (AvgIpc) is 2.87. The lowest BCUT2D eigenvalue weighted by Crippen LogP contribution is -2.08. The smallest absolute Gasteiger partial charge is 0.259 e. The molecule has 3 rings (SSSR count). The normalized spacial score (nSPS) is 14.2. The van der Waals surface area contributed by atoms with Crippen LogP contribution in [0, 0.1) is 0 Å². The lowest BCUT2D eigenvalue weighted by Gasteiger charge is -2.07. The van der Waals surface area contributed by atoms with E-state index in [0.29, 0.717) is 28.1 Å². The number of ketones is 1. The number of amides is 2. The van der Waals surface area contributed by atoms with Crippen molar-refractivity contribution >= 4 is 34.5 Å². The molecular formula is C18H14N2O4. The molecule has 3 N–H and O–H groups in total. The lowest BCUT2D eigenvalue weighted by molar-refractivity contribution is -0.114. The molecule has 2 aromatic rings. The highest BCUT2D eigenvalue weighted by Gasteiger charge is 2.25. The van der Waals surface area contributed by atoms with Crippen LogP contribution in [-0.4, -0.2) is 22.7 Å². The average molecular weight is 322 g/mol. The van der Waals surface area contributed by atoms with Crippen LogP contribution in [0.25, 0.3) is 5.57 Å². The Morgan fingerprint density at radius 2 is 1.88 bits per heavy atom. The van der Waals surface area contributed by atoms with E-state index in [4.69, 9.17) is 5.11 Å². The van der Waals surface area contributed by atoms with Crippen LogP contribution in [0.1, 0.15) is 28.4 Å². The molecule has 0 saturated carbocycles. The molecule has 1 aliphatic heterocycles. The largest absolute Gasteiger partial charge is 0.515 e. The van der Waals surface area contributed by atoms with Gasteiger partial charge in [-0.15, -0.1) is 0 Å². The van der Waals surface area contributed by atoms with Gasteiger partial charge < -0.3 is 15.7 Å². The zero-order valence-electron chi connectivity index (χ0n) is 12.8. The summed E-state index contributed by atoms with van der Waals surface area (Å²) in [6.45, 7) is 1.39. The second-order valence-electron chi connectivity index (χ2n) is 5.35. The van der Waals surface area contributed by atoms with Crippen molar-refractivity contribution in [3.8, 4) is 0 Å². The Hall–Kier alpha value is -3.41. The summed E-state index contributed by atoms with van der Waals surface area (Å²) in [4.78, 5) is 35.4. The SMILES string of the molecule is CC(=O)Nc1cccc(C(=O)c2ccc3c(c2)NC(=O)/C3=C\O)c1. The van der Waals surface area contributed by atoms with E-state index in [2.05, 4.69) is 10.6 Å². The number of aliphatic hydroxyl groups excluding tert-OH is 1. The number of hydrogen-bond acceptors (Lipinski definition) is 4. The maximum absolute atomic E-state index is 12.6. The third-order valence-corrected chi connectivity index (χ3v) is 3.64. The predicted octanol–water partition coefficient (Wildman–Crippen LogP) is 2.73. The number of rotatable bonds is 3. The molecule has 0 bridgehead atoms. The minimum Gasteiger partial charge on any atom is -0.515 e. The van der Waals surface area contributed by atoms with Crippen LogP contribution < -0.4 is 10.6 Å². The molecule has 0 radical (unpaired) electrons. The van der Waals surface area contributed by atoms with Gasteiger partial charge in [-0.2, -0.15) is 0 Å². The first-order valence-corrected chi connectivity index (χ1v) is 7.22. The van der Waals surface area contributed by atoms with Crippen LogP contribution in [0.5, 0.6) is 0 Å². The summed E-state index contributed by atoms with van der Waals surface area (Å²) in [5.41, 5.74) is 2.54. The van der Waals surface area contributed by atoms with Crippen molar-refractivity contribution in [2.75, 3.05) is 10.6 Å². The minimum atomic E-state index is -0.412. The van der Waals surface area contributed by atoms with E-state index in [1.54, 1.807) is 42.5 Å². The van der Waals surface area contributed by atoms with Gasteiger partial charge in [0, 0.05) is 35.0 Å². The van der Waals surface area contributed by atoms with Gasteiger partial charge in [-0.25, -0.2) is 0 Å². The van der Waals surface area contributed by atoms with E-state index in [-0.39, 0.29) is 17.3 Å². The zero-order chi connectivity index (χ0) is 17.3. The molecule has 0 aliphatic carbocycles. The summed E-state index contributed by atoms with van der Waals surface area (Å²) in [6, 6.07) is 11.4. The summed E-state index contributed by atoms with van der Waals surface area (Å²) in [5.74, 6) is -0.867. The number of benzene rings is 2. The molecule has 120 valence electrons. The number of aliphatic hydroxyl groups is 1. The van der Waals surface area contributed by atoms with Crippen molar-refractivity contribution in [2.24, 2.45) is 0 Å². The molecule has 1 aliphatic rings. The van der Waals surface area contributed by atoms with Crippen LogP contribution in [0.3, 0.4) is 0 Å². The van der Waals surface area contributed by atoms with Crippen molar-refractivity contribution < 1.29 is 19.5 Å². The number of fused-ring (bicyclic) bond motifs is 1. The highest BCUT2D eigenvalue weighted by atomic mass is 16.2. The monoisotopic (exact) mass is 322 g/mol. The van der Waals surface area contributed by atoms with Gasteiger partial charge in [0.2, 0.25) is 5.91 Å². The molecule has 6 nitrogen and oxygen atoms in total. The van der Waals surface area contributed by atoms with Crippen LogP contribution in [-0.2, 0) is 9.59 Å². The van der Waals surface area contributed by atoms with Crippen molar-refractivity contribution in [2.45, 2.75) is 6.92 Å². The number of hydrogen-bond donors (Lipinski definition) is 3. The predicted molar refractivity (Wildman–Crippen MR) is 89.9 cm³/mol. The Kier molecular flexibility index (Phi) is 3.87. The van der Waals surface area contributed by atoms with E-state index in [1.807, 2.05) is 0 Å². The van der Waals surface area contributed by atoms with Crippen LogP contribution in [0.2, 0.25) is 0 Å². The Labute approximate surface area is 137 Å². The van der Waals surface area contributed by atoms with E-state index in [0.717, 1.165) is 6.26 Å². The van der Waals surface area contributed by atoms with Crippen molar-refractivity contribution in [1.29, 1.82) is 0 Å². The molecule has 1 heterocycles. The van der Waals surface area contributed by atoms with Crippen LogP contribution in [0.4, 0.5) is 11.4 Å². The van der Waals surface area contributed by atoms with Gasteiger partial charge in [-0.05, 0) is 18.2 Å². The van der Waals surface area contributed by atoms with Gasteiger partial charge in [-0.3, -0.25) is 14.4 Å². The fourth-order valence-corrected chi connectivity index (χ4v) is 2.57. The van der Waals surface area contributed by atoms with Crippen LogP contribution >= 0.6 is 0 Å². The number of carbonyl (C=O) groups excluding carboxylic acids is 3. The summed E-state index contributed by atoms with van der Waals surface area (Å²) in [5, 5.41) is 14.4. The molecule has 0 fully saturated rings. The quantitative estimate of drug-likeness (QED) is 0.460. The molecule has 24 heavy (non-hydrogen) atoms. The second-order valence-corrected chi connectivity index (χ2v) is 5.35. The highest BCUT2D eigenvalue weighted by Crippen LogP contribution is 2.32. The van der Waals surface area contributed by atoms with Crippen molar-refractivity contribution in [3.63, 3.8) is 0 Å². The first kappa shape index (κ1) is 15.5. The highest BCUT2D eigenvalue weighted by molar-refractivity contribution is 6.31. The molecule has 0 atom stereocenters. The third kappa shape index (κ3) is 2.77. The van der Waals surface area contributed by atoms with E-state index in [9.17, 15) is 14.4 Å². The van der Waals surface area contributed by atoms with E-state index in [1.165, 1.54) is 6.92 Å². The summed E-state index contributed by atoms with van der Waals surface area (Å²) >= 11 is 0. The Morgan fingerprint density at radius 1 is 1.12 bits per heavy atom. The molecule has 0 aromatic heterocycles. The summed E-state index contributed by atoms with van der Waals surface area (Å²) in [6.07, 6.45) is 0.750. The molecule has 0 saturated heterocycles. The minimum absolute atomic E-state index is 0.164. The summed E-state index contributed by atoms with van der Waals surface area (Å²) in [7, 11) is 0. The van der Waals surface area contributed by atoms with Crippen molar-refractivity contribution in [3.05, 3.63) is 65.4 Å². The Morgan fingerprint density at radius 3 is 2.58 bits per heavy atom. The molecule has 6 heteroatoms. The maximum atomic E-state index is 12.6. The molecule has 2 aromatic carbocycles. The van der Waals surface area contributed by atoms with Gasteiger partial charge in [0.25, 0.3) is 5.91 Å².